The number of rotatable bonds is 5. The number of aryl methyl sites for hydroxylation is 1. The lowest BCUT2D eigenvalue weighted by Crippen LogP contribution is -2.37. The van der Waals surface area contributed by atoms with Crippen molar-refractivity contribution in [1.29, 1.82) is 0 Å². The lowest BCUT2D eigenvalue weighted by Gasteiger charge is -2.18. The minimum absolute atomic E-state index is 0.00648. The summed E-state index contributed by atoms with van der Waals surface area (Å²) in [5.41, 5.74) is 0. The van der Waals surface area contributed by atoms with Gasteiger partial charge in [0.15, 0.2) is 0 Å². The molecule has 0 aliphatic rings. The first-order valence-corrected chi connectivity index (χ1v) is 4.71. The normalized spacial score (nSPS) is 13.5. The molecule has 0 spiro atoms. The van der Waals surface area contributed by atoms with Gasteiger partial charge in [-0.2, -0.15) is 0 Å². The second-order valence-electron chi connectivity index (χ2n) is 3.40. The van der Waals surface area contributed by atoms with Crippen LogP contribution in [0.4, 0.5) is 0 Å². The summed E-state index contributed by atoms with van der Waals surface area (Å²) in [6.45, 7) is 3.64. The Morgan fingerprint density at radius 3 is 2.43 bits per heavy atom. The zero-order valence-corrected chi connectivity index (χ0v) is 8.53. The lowest BCUT2D eigenvalue weighted by molar-refractivity contribution is 0.160. The van der Waals surface area contributed by atoms with Crippen LogP contribution in [0.25, 0.3) is 0 Å². The number of furan rings is 1. The highest BCUT2D eigenvalue weighted by molar-refractivity contribution is 5.09. The van der Waals surface area contributed by atoms with Gasteiger partial charge in [0.2, 0.25) is 0 Å². The Balaban J connectivity index is 2.53. The van der Waals surface area contributed by atoms with Crippen LogP contribution in [0.3, 0.4) is 0 Å². The SMILES string of the molecule is Cc1ccc([C@@H](C)NC(CO)CO)o1. The monoisotopic (exact) mass is 199 g/mol. The van der Waals surface area contributed by atoms with E-state index in [0.717, 1.165) is 11.5 Å². The zero-order chi connectivity index (χ0) is 10.6. The molecule has 0 fully saturated rings. The smallest absolute Gasteiger partial charge is 0.120 e. The fourth-order valence-electron chi connectivity index (χ4n) is 1.28. The molecule has 0 saturated heterocycles. The number of hydrogen-bond acceptors (Lipinski definition) is 4. The van der Waals surface area contributed by atoms with Crippen LogP contribution in [0.15, 0.2) is 16.5 Å². The summed E-state index contributed by atoms with van der Waals surface area (Å²) in [6.07, 6.45) is 0. The van der Waals surface area contributed by atoms with Crippen LogP contribution >= 0.6 is 0 Å². The van der Waals surface area contributed by atoms with E-state index in [4.69, 9.17) is 14.6 Å². The molecular weight excluding hydrogens is 182 g/mol. The summed E-state index contributed by atoms with van der Waals surface area (Å²) in [6, 6.07) is 3.47. The van der Waals surface area contributed by atoms with Crippen LogP contribution < -0.4 is 5.32 Å². The third-order valence-corrected chi connectivity index (χ3v) is 2.11. The molecule has 0 aliphatic carbocycles. The topological polar surface area (TPSA) is 65.6 Å². The van der Waals surface area contributed by atoms with E-state index in [9.17, 15) is 0 Å². The standard InChI is InChI=1S/C10H17NO3/c1-7-3-4-10(14-7)8(2)11-9(5-12)6-13/h3-4,8-9,11-13H,5-6H2,1-2H3/t8-/m1/s1. The fraction of sp³-hybridized carbons (Fsp3) is 0.600. The maximum Gasteiger partial charge on any atom is 0.120 e. The van der Waals surface area contributed by atoms with E-state index >= 15 is 0 Å². The Labute approximate surface area is 83.6 Å². The highest BCUT2D eigenvalue weighted by atomic mass is 16.3. The van der Waals surface area contributed by atoms with E-state index in [1.54, 1.807) is 0 Å². The molecule has 0 saturated carbocycles. The van der Waals surface area contributed by atoms with Gasteiger partial charge in [-0.3, -0.25) is 0 Å². The van der Waals surface area contributed by atoms with Crippen molar-refractivity contribution in [3.63, 3.8) is 0 Å². The lowest BCUT2D eigenvalue weighted by atomic mass is 10.2. The van der Waals surface area contributed by atoms with E-state index in [-0.39, 0.29) is 25.3 Å². The molecule has 80 valence electrons. The van der Waals surface area contributed by atoms with Crippen molar-refractivity contribution in [1.82, 2.24) is 5.32 Å². The van der Waals surface area contributed by atoms with Crippen molar-refractivity contribution in [2.24, 2.45) is 0 Å². The highest BCUT2D eigenvalue weighted by Crippen LogP contribution is 2.15. The number of nitrogens with one attached hydrogen (secondary N) is 1. The van der Waals surface area contributed by atoms with Crippen LogP contribution in [-0.2, 0) is 0 Å². The molecule has 1 atom stereocenters. The molecule has 14 heavy (non-hydrogen) atoms. The number of hydrogen-bond donors (Lipinski definition) is 3. The van der Waals surface area contributed by atoms with Gasteiger partial charge in [0, 0.05) is 0 Å². The minimum atomic E-state index is -0.296. The van der Waals surface area contributed by atoms with Crippen LogP contribution in [-0.4, -0.2) is 29.5 Å². The van der Waals surface area contributed by atoms with Gasteiger partial charge in [-0.1, -0.05) is 0 Å². The first-order valence-electron chi connectivity index (χ1n) is 4.71. The van der Waals surface area contributed by atoms with E-state index in [1.165, 1.54) is 0 Å². The summed E-state index contributed by atoms with van der Waals surface area (Å²) in [7, 11) is 0. The molecular formula is C10H17NO3. The van der Waals surface area contributed by atoms with E-state index < -0.39 is 0 Å². The third kappa shape index (κ3) is 2.83. The Morgan fingerprint density at radius 2 is 2.00 bits per heavy atom. The molecule has 1 rings (SSSR count). The molecule has 0 aromatic carbocycles. The summed E-state index contributed by atoms with van der Waals surface area (Å²) in [5, 5.41) is 20.8. The summed E-state index contributed by atoms with van der Waals surface area (Å²) >= 11 is 0. The van der Waals surface area contributed by atoms with Gasteiger partial charge in [0.1, 0.15) is 11.5 Å². The Morgan fingerprint density at radius 1 is 1.36 bits per heavy atom. The molecule has 4 nitrogen and oxygen atoms in total. The summed E-state index contributed by atoms with van der Waals surface area (Å²) in [5.74, 6) is 1.67. The van der Waals surface area contributed by atoms with Gasteiger partial charge in [-0.05, 0) is 26.0 Å². The van der Waals surface area contributed by atoms with Crippen LogP contribution in [0.1, 0.15) is 24.5 Å². The molecule has 0 amide bonds. The van der Waals surface area contributed by atoms with Crippen molar-refractivity contribution in [2.75, 3.05) is 13.2 Å². The number of aliphatic hydroxyl groups excluding tert-OH is 2. The Hall–Kier alpha value is -0.840. The average Bonchev–Trinajstić information content (AvgIpc) is 2.61. The van der Waals surface area contributed by atoms with Crippen molar-refractivity contribution in [2.45, 2.75) is 25.9 Å². The first-order chi connectivity index (χ1) is 6.67. The van der Waals surface area contributed by atoms with Crippen molar-refractivity contribution >= 4 is 0 Å². The minimum Gasteiger partial charge on any atom is -0.465 e. The average molecular weight is 199 g/mol. The van der Waals surface area contributed by atoms with Gasteiger partial charge in [0.25, 0.3) is 0 Å². The fourth-order valence-corrected chi connectivity index (χ4v) is 1.28. The second kappa shape index (κ2) is 5.14. The maximum atomic E-state index is 8.87. The summed E-state index contributed by atoms with van der Waals surface area (Å²) < 4.78 is 5.41. The van der Waals surface area contributed by atoms with Crippen molar-refractivity contribution in [3.8, 4) is 0 Å². The van der Waals surface area contributed by atoms with Gasteiger partial charge < -0.3 is 19.9 Å². The quantitative estimate of drug-likeness (QED) is 0.649. The Kier molecular flexibility index (Phi) is 4.13. The largest absolute Gasteiger partial charge is 0.465 e. The molecule has 0 bridgehead atoms. The predicted molar refractivity (Wildman–Crippen MR) is 53.0 cm³/mol. The molecule has 0 aliphatic heterocycles. The third-order valence-electron chi connectivity index (χ3n) is 2.11. The van der Waals surface area contributed by atoms with Gasteiger partial charge in [-0.15, -0.1) is 0 Å². The van der Waals surface area contributed by atoms with Crippen molar-refractivity contribution in [3.05, 3.63) is 23.7 Å². The van der Waals surface area contributed by atoms with Crippen LogP contribution in [0.2, 0.25) is 0 Å². The Bertz CT molecular complexity index is 268. The van der Waals surface area contributed by atoms with E-state index in [2.05, 4.69) is 5.32 Å². The predicted octanol–water partition coefficient (Wildman–Crippen LogP) is 0.592. The molecule has 0 unspecified atom stereocenters. The second-order valence-corrected chi connectivity index (χ2v) is 3.40. The molecule has 1 aromatic heterocycles. The molecule has 1 heterocycles. The number of aliphatic hydroxyl groups is 2. The van der Waals surface area contributed by atoms with E-state index in [0.29, 0.717) is 0 Å². The van der Waals surface area contributed by atoms with Crippen LogP contribution in [0, 0.1) is 6.92 Å². The maximum absolute atomic E-state index is 8.87. The highest BCUT2D eigenvalue weighted by Gasteiger charge is 2.13. The summed E-state index contributed by atoms with van der Waals surface area (Å²) in [4.78, 5) is 0. The molecule has 1 aromatic rings. The van der Waals surface area contributed by atoms with Crippen LogP contribution in [0.5, 0.6) is 0 Å². The molecule has 4 heteroatoms. The van der Waals surface area contributed by atoms with Gasteiger partial charge in [-0.25, -0.2) is 0 Å². The van der Waals surface area contributed by atoms with Crippen molar-refractivity contribution < 1.29 is 14.6 Å². The van der Waals surface area contributed by atoms with Gasteiger partial charge >= 0.3 is 0 Å². The molecule has 3 N–H and O–H groups in total. The molecule has 0 radical (unpaired) electrons. The van der Waals surface area contributed by atoms with E-state index in [1.807, 2.05) is 26.0 Å². The first kappa shape index (κ1) is 11.2. The van der Waals surface area contributed by atoms with Gasteiger partial charge in [0.05, 0.1) is 25.3 Å². The zero-order valence-electron chi connectivity index (χ0n) is 8.53.